The molecule has 5 aromatic rings. The van der Waals surface area contributed by atoms with Gasteiger partial charge in [0.1, 0.15) is 16.5 Å². The molecule has 5 rings (SSSR count). The molecule has 2 atom stereocenters. The number of ether oxygens (including phenoxy) is 1. The summed E-state index contributed by atoms with van der Waals surface area (Å²) in [6, 6.07) is 33.6. The number of carbonyl (C=O) groups excluding carboxylic acids is 1. The third-order valence-electron chi connectivity index (χ3n) is 7.63. The normalized spacial score (nSPS) is 14.0. The Morgan fingerprint density at radius 2 is 1.23 bits per heavy atom. The van der Waals surface area contributed by atoms with Gasteiger partial charge in [-0.2, -0.15) is 30.4 Å². The molecule has 0 saturated carbocycles. The molecule has 0 aliphatic rings. The van der Waals surface area contributed by atoms with E-state index in [1.807, 2.05) is 48.5 Å². The minimum absolute atomic E-state index is 0.0356. The van der Waals surface area contributed by atoms with Crippen LogP contribution in [0.3, 0.4) is 0 Å². The van der Waals surface area contributed by atoms with E-state index < -0.39 is 50.1 Å². The summed E-state index contributed by atoms with van der Waals surface area (Å²) in [5, 5.41) is -4.84. The lowest BCUT2D eigenvalue weighted by molar-refractivity contribution is -0.248. The second-order valence-electron chi connectivity index (χ2n) is 12.0. The van der Waals surface area contributed by atoms with Gasteiger partial charge < -0.3 is 4.74 Å². The van der Waals surface area contributed by atoms with E-state index in [-0.39, 0.29) is 10.3 Å². The molecule has 0 bridgehead atoms. The van der Waals surface area contributed by atoms with Crippen molar-refractivity contribution in [2.45, 2.75) is 58.4 Å². The first-order chi connectivity index (χ1) is 22.4. The Labute approximate surface area is 277 Å². The van der Waals surface area contributed by atoms with E-state index in [9.17, 15) is 35.2 Å². The highest BCUT2D eigenvalue weighted by atomic mass is 32.2. The maximum absolute atomic E-state index is 14.4. The van der Waals surface area contributed by atoms with Crippen LogP contribution in [0, 0.1) is 0 Å². The number of benzene rings is 5. The van der Waals surface area contributed by atoms with Crippen LogP contribution >= 0.6 is 0 Å². The summed E-state index contributed by atoms with van der Waals surface area (Å²) in [5.41, 5.74) is 2.47. The maximum Gasteiger partial charge on any atom is 0.432 e. The quantitative estimate of drug-likeness (QED) is 0.0755. The molecule has 48 heavy (non-hydrogen) atoms. The third-order valence-corrected chi connectivity index (χ3v) is 10.9. The van der Waals surface area contributed by atoms with Crippen LogP contribution in [0.5, 0.6) is 0 Å². The number of carbonyl (C=O) groups is 1. The third kappa shape index (κ3) is 7.11. The van der Waals surface area contributed by atoms with Crippen molar-refractivity contribution in [3.8, 4) is 11.1 Å². The average molecular weight is 702 g/mol. The van der Waals surface area contributed by atoms with Crippen molar-refractivity contribution < 1.29 is 44.5 Å². The molecule has 0 saturated heterocycles. The number of hydrogen-bond donors (Lipinski definition) is 1. The van der Waals surface area contributed by atoms with Crippen molar-refractivity contribution in [2.75, 3.05) is 0 Å². The minimum atomic E-state index is -6.63. The summed E-state index contributed by atoms with van der Waals surface area (Å²) >= 11 is 0. The van der Waals surface area contributed by atoms with Gasteiger partial charge in [-0.1, -0.05) is 87.5 Å². The van der Waals surface area contributed by atoms with Crippen LogP contribution in [0.15, 0.2) is 130 Å². The van der Waals surface area contributed by atoms with Gasteiger partial charge in [-0.25, -0.2) is 4.79 Å². The second-order valence-corrected chi connectivity index (χ2v) is 15.5. The van der Waals surface area contributed by atoms with Gasteiger partial charge in [-0.15, -0.1) is 0 Å². The van der Waals surface area contributed by atoms with Crippen LogP contribution in [0.25, 0.3) is 21.9 Å². The smallest absolute Gasteiger partial charge is 0.432 e. The van der Waals surface area contributed by atoms with Gasteiger partial charge in [0.05, 0.1) is 0 Å². The molecule has 0 radical (unpaired) electrons. The number of fused-ring (bicyclic) bond motifs is 1. The molecule has 2 unspecified atom stereocenters. The molecular weight excluding hydrogens is 672 g/mol. The molecule has 0 aliphatic heterocycles. The highest BCUT2D eigenvalue weighted by molar-refractivity contribution is 7.97. The number of hydrogen-bond acceptors (Lipinski definition) is 4. The highest BCUT2D eigenvalue weighted by Crippen LogP contribution is 2.42. The lowest BCUT2D eigenvalue weighted by Crippen LogP contribution is -2.52. The van der Waals surface area contributed by atoms with Crippen LogP contribution in [-0.4, -0.2) is 36.5 Å². The first-order valence-corrected chi connectivity index (χ1v) is 17.2. The first-order valence-electron chi connectivity index (χ1n) is 14.5. The molecule has 0 fully saturated rings. The van der Waals surface area contributed by atoms with Crippen molar-refractivity contribution in [1.82, 2.24) is 0 Å². The van der Waals surface area contributed by atoms with Crippen LogP contribution in [-0.2, 0) is 31.2 Å². The first kappa shape index (κ1) is 35.1. The molecule has 12 heteroatoms. The zero-order valence-corrected chi connectivity index (χ0v) is 27.5. The Balaban J connectivity index is 1.67. The van der Waals surface area contributed by atoms with Gasteiger partial charge in [-0.3, -0.25) is 4.55 Å². The van der Waals surface area contributed by atoms with Gasteiger partial charge in [0.25, 0.3) is 6.10 Å². The fraction of sp³-hybridized carbons (Fsp3) is 0.194. The lowest BCUT2D eigenvalue weighted by atomic mass is 9.86. The van der Waals surface area contributed by atoms with Gasteiger partial charge >= 0.3 is 27.5 Å². The van der Waals surface area contributed by atoms with Crippen molar-refractivity contribution in [2.24, 2.45) is 0 Å². The van der Waals surface area contributed by atoms with E-state index in [2.05, 4.69) is 25.5 Å². The van der Waals surface area contributed by atoms with Crippen molar-refractivity contribution in [3.05, 3.63) is 126 Å². The minimum Gasteiger partial charge on any atom is -0.441 e. The molecule has 0 spiro atoms. The van der Waals surface area contributed by atoms with Crippen LogP contribution < -0.4 is 0 Å². The highest BCUT2D eigenvalue weighted by Gasteiger charge is 2.66. The predicted molar refractivity (Wildman–Crippen MR) is 175 cm³/mol. The molecule has 0 amide bonds. The van der Waals surface area contributed by atoms with E-state index in [1.165, 1.54) is 6.07 Å². The Bertz CT molecular complexity index is 2040. The fourth-order valence-electron chi connectivity index (χ4n) is 5.13. The Morgan fingerprint density at radius 3 is 1.77 bits per heavy atom. The van der Waals surface area contributed by atoms with Crippen molar-refractivity contribution in [1.29, 1.82) is 0 Å². The van der Waals surface area contributed by atoms with Gasteiger partial charge in [0, 0.05) is 5.39 Å². The largest absolute Gasteiger partial charge is 0.441 e. The van der Waals surface area contributed by atoms with Crippen molar-refractivity contribution >= 4 is 37.8 Å². The summed E-state index contributed by atoms with van der Waals surface area (Å²) in [4.78, 5) is 15.0. The lowest BCUT2D eigenvalue weighted by Gasteiger charge is -2.26. The van der Waals surface area contributed by atoms with Gasteiger partial charge in [0.2, 0.25) is 0 Å². The molecule has 250 valence electrons. The predicted octanol–water partition coefficient (Wildman–Crippen LogP) is 9.47. The molecule has 0 heterocycles. The maximum atomic E-state index is 14.4. The number of esters is 1. The SMILES string of the molecule is CC(C)(C)c1ccc(-c2ccc([S+](c3ccccc3)c3c(C(=O)OC(C(F)(F)F)C(F)(F)S(=O)(=O)O)ccc4ccccc34)cc2)cc1. The molecule has 5 nitrogen and oxygen atoms in total. The fourth-order valence-corrected chi connectivity index (χ4v) is 7.94. The van der Waals surface area contributed by atoms with E-state index >= 15 is 0 Å². The van der Waals surface area contributed by atoms with E-state index in [0.717, 1.165) is 22.8 Å². The monoisotopic (exact) mass is 701 g/mol. The number of rotatable bonds is 8. The summed E-state index contributed by atoms with van der Waals surface area (Å²) in [6.07, 6.45) is -10.5. The summed E-state index contributed by atoms with van der Waals surface area (Å²) in [6.45, 7) is 6.34. The van der Waals surface area contributed by atoms with E-state index in [1.54, 1.807) is 54.6 Å². The standard InChI is InChI=1S/C36H29F5O5S2/c1-34(2,3)26-18-13-23(14-19-26)24-15-20-28(21-16-24)47(27-10-5-4-6-11-27)31-29-12-8-7-9-25(29)17-22-30(31)32(42)46-33(35(37,38)39)36(40,41)48(43,44)45/h4-22,33H,1-3H3/p+1. The van der Waals surface area contributed by atoms with Crippen LogP contribution in [0.1, 0.15) is 36.7 Å². The topological polar surface area (TPSA) is 80.7 Å². The molecule has 0 aromatic heterocycles. The van der Waals surface area contributed by atoms with E-state index in [0.29, 0.717) is 20.6 Å². The molecular formula is C36H30F5O5S2+. The number of halogens is 5. The average Bonchev–Trinajstić information content (AvgIpc) is 3.03. The van der Waals surface area contributed by atoms with E-state index in [4.69, 9.17) is 4.55 Å². The zero-order chi connectivity index (χ0) is 35.1. The van der Waals surface area contributed by atoms with Gasteiger partial charge in [-0.05, 0) is 76.0 Å². The summed E-state index contributed by atoms with van der Waals surface area (Å²) in [5.74, 6) is -1.84. The van der Waals surface area contributed by atoms with Crippen molar-refractivity contribution in [3.63, 3.8) is 0 Å². The second kappa shape index (κ2) is 13.0. The molecule has 0 aliphatic carbocycles. The Kier molecular flexibility index (Phi) is 9.48. The summed E-state index contributed by atoms with van der Waals surface area (Å²) < 4.78 is 106. The molecule has 1 N–H and O–H groups in total. The molecule has 5 aromatic carbocycles. The Morgan fingerprint density at radius 1 is 0.708 bits per heavy atom. The zero-order valence-electron chi connectivity index (χ0n) is 25.8. The van der Waals surface area contributed by atoms with Crippen LogP contribution in [0.2, 0.25) is 0 Å². The van der Waals surface area contributed by atoms with Gasteiger partial charge in [0.15, 0.2) is 14.7 Å². The number of alkyl halides is 5. The Hall–Kier alpha value is -4.26. The summed E-state index contributed by atoms with van der Waals surface area (Å²) in [7, 11) is -7.84. The van der Waals surface area contributed by atoms with Crippen LogP contribution in [0.4, 0.5) is 22.0 Å².